The molecule has 3 atom stereocenters. The van der Waals surface area contributed by atoms with Crippen molar-refractivity contribution in [1.29, 1.82) is 0 Å². The molecule has 0 radical (unpaired) electrons. The third-order valence-corrected chi connectivity index (χ3v) is 4.80. The van der Waals surface area contributed by atoms with Gasteiger partial charge in [0.1, 0.15) is 0 Å². The van der Waals surface area contributed by atoms with Crippen molar-refractivity contribution in [3.8, 4) is 0 Å². The molecule has 1 saturated heterocycles. The Hall–Kier alpha value is -0.280. The van der Waals surface area contributed by atoms with Gasteiger partial charge in [0, 0.05) is 29.7 Å². The summed E-state index contributed by atoms with van der Waals surface area (Å²) in [5.41, 5.74) is 1.14. The number of rotatable bonds is 2. The molecule has 0 spiro atoms. The van der Waals surface area contributed by atoms with Crippen LogP contribution in [0.5, 0.6) is 0 Å². The lowest BCUT2D eigenvalue weighted by atomic mass is 10.0. The van der Waals surface area contributed by atoms with E-state index in [1.807, 2.05) is 12.1 Å². The number of likely N-dealkylation sites (tertiary alicyclic amines) is 1. The number of nitrogens with zero attached hydrogens (tertiary/aromatic N) is 1. The van der Waals surface area contributed by atoms with Crippen LogP contribution in [0.1, 0.15) is 18.4 Å². The molecular weight excluding hydrogens is 269 g/mol. The molecule has 1 unspecified atom stereocenters. The molecule has 1 heterocycles. The number of aliphatic hydroxyl groups is 1. The Kier molecular flexibility index (Phi) is 3.55. The predicted molar refractivity (Wildman–Crippen MR) is 74.0 cm³/mol. The smallest absolute Gasteiger partial charge is 0.0546 e. The van der Waals surface area contributed by atoms with Gasteiger partial charge in [-0.15, -0.1) is 0 Å². The Bertz CT molecular complexity index is 437. The Morgan fingerprint density at radius 3 is 2.44 bits per heavy atom. The first-order chi connectivity index (χ1) is 8.61. The zero-order valence-corrected chi connectivity index (χ0v) is 11.7. The van der Waals surface area contributed by atoms with Crippen molar-refractivity contribution in [3.63, 3.8) is 0 Å². The number of halogens is 2. The van der Waals surface area contributed by atoms with Gasteiger partial charge in [0.2, 0.25) is 0 Å². The molecule has 0 bridgehead atoms. The first-order valence-electron chi connectivity index (χ1n) is 6.46. The van der Waals surface area contributed by atoms with Gasteiger partial charge in [-0.3, -0.25) is 4.90 Å². The molecule has 1 aliphatic carbocycles. The molecule has 0 aromatic heterocycles. The highest BCUT2D eigenvalue weighted by Gasteiger charge is 2.40. The second-order valence-electron chi connectivity index (χ2n) is 5.58. The number of hydrogen-bond donors (Lipinski definition) is 1. The normalized spacial score (nSPS) is 31.8. The van der Waals surface area contributed by atoms with Crippen LogP contribution in [0.25, 0.3) is 0 Å². The van der Waals surface area contributed by atoms with Crippen molar-refractivity contribution in [2.45, 2.75) is 25.5 Å². The van der Waals surface area contributed by atoms with Crippen LogP contribution in [0, 0.1) is 11.8 Å². The predicted octanol–water partition coefficient (Wildman–Crippen LogP) is 3.20. The largest absolute Gasteiger partial charge is 0.393 e. The molecule has 2 fully saturated rings. The summed E-state index contributed by atoms with van der Waals surface area (Å²) >= 11 is 12.1. The summed E-state index contributed by atoms with van der Waals surface area (Å²) in [7, 11) is 0. The van der Waals surface area contributed by atoms with E-state index in [-0.39, 0.29) is 6.10 Å². The Morgan fingerprint density at radius 1 is 1.17 bits per heavy atom. The van der Waals surface area contributed by atoms with E-state index in [2.05, 4.69) is 4.90 Å². The maximum Gasteiger partial charge on any atom is 0.0546 e. The summed E-state index contributed by atoms with van der Waals surface area (Å²) in [4.78, 5) is 2.44. The van der Waals surface area contributed by atoms with Crippen LogP contribution >= 0.6 is 23.2 Å². The van der Waals surface area contributed by atoms with Crippen molar-refractivity contribution in [1.82, 2.24) is 4.90 Å². The second kappa shape index (κ2) is 5.01. The summed E-state index contributed by atoms with van der Waals surface area (Å²) < 4.78 is 0. The zero-order valence-electron chi connectivity index (χ0n) is 10.1. The number of aliphatic hydroxyl groups excluding tert-OH is 1. The van der Waals surface area contributed by atoms with Crippen LogP contribution in [0.3, 0.4) is 0 Å². The fourth-order valence-corrected chi connectivity index (χ4v) is 3.85. The van der Waals surface area contributed by atoms with Crippen molar-refractivity contribution in [2.24, 2.45) is 11.8 Å². The Balaban J connectivity index is 1.65. The Morgan fingerprint density at radius 2 is 1.83 bits per heavy atom. The van der Waals surface area contributed by atoms with Crippen molar-refractivity contribution < 1.29 is 5.11 Å². The molecular formula is C14H17Cl2NO. The van der Waals surface area contributed by atoms with Gasteiger partial charge in [-0.25, -0.2) is 0 Å². The minimum Gasteiger partial charge on any atom is -0.393 e. The van der Waals surface area contributed by atoms with Crippen LogP contribution < -0.4 is 0 Å². The summed E-state index contributed by atoms with van der Waals surface area (Å²) in [5, 5.41) is 11.1. The third kappa shape index (κ3) is 2.53. The first kappa shape index (κ1) is 12.7. The van der Waals surface area contributed by atoms with E-state index in [0.717, 1.165) is 43.1 Å². The molecule has 1 aromatic carbocycles. The number of benzene rings is 1. The van der Waals surface area contributed by atoms with Crippen LogP contribution in [-0.4, -0.2) is 29.2 Å². The van der Waals surface area contributed by atoms with Crippen LogP contribution in [0.2, 0.25) is 10.0 Å². The number of hydrogen-bond acceptors (Lipinski definition) is 2. The fraction of sp³-hybridized carbons (Fsp3) is 0.571. The molecule has 2 aliphatic rings. The van der Waals surface area contributed by atoms with Gasteiger partial charge in [-0.2, -0.15) is 0 Å². The lowest BCUT2D eigenvalue weighted by Crippen LogP contribution is -2.22. The molecule has 3 rings (SSSR count). The highest BCUT2D eigenvalue weighted by Crippen LogP contribution is 2.38. The fourth-order valence-electron chi connectivity index (χ4n) is 3.39. The summed E-state index contributed by atoms with van der Waals surface area (Å²) in [6.45, 7) is 3.06. The van der Waals surface area contributed by atoms with Gasteiger partial charge < -0.3 is 5.11 Å². The molecule has 98 valence electrons. The average molecular weight is 286 g/mol. The molecule has 1 saturated carbocycles. The van der Waals surface area contributed by atoms with E-state index in [0.29, 0.717) is 16.9 Å². The number of fused-ring (bicyclic) bond motifs is 1. The lowest BCUT2D eigenvalue weighted by molar-refractivity contribution is 0.161. The Labute approximate surface area is 117 Å². The highest BCUT2D eigenvalue weighted by molar-refractivity contribution is 6.35. The maximum atomic E-state index is 9.63. The summed E-state index contributed by atoms with van der Waals surface area (Å²) in [6.07, 6.45) is 1.87. The van der Waals surface area contributed by atoms with Crippen molar-refractivity contribution in [3.05, 3.63) is 33.8 Å². The average Bonchev–Trinajstić information content (AvgIpc) is 2.79. The van der Waals surface area contributed by atoms with Gasteiger partial charge in [-0.05, 0) is 42.4 Å². The standard InChI is InChI=1S/C14H17Cl2NO/c15-12-2-1-9(14(16)5-12)6-17-7-10-3-13(18)4-11(10)8-17/h1-2,5,10-11,13,18H,3-4,6-8H2/t10-,11+,13?. The first-order valence-corrected chi connectivity index (χ1v) is 7.22. The van der Waals surface area contributed by atoms with Gasteiger partial charge in [0.05, 0.1) is 6.10 Å². The molecule has 18 heavy (non-hydrogen) atoms. The monoisotopic (exact) mass is 285 g/mol. The van der Waals surface area contributed by atoms with Gasteiger partial charge >= 0.3 is 0 Å². The minimum atomic E-state index is -0.0683. The lowest BCUT2D eigenvalue weighted by Gasteiger charge is -2.18. The van der Waals surface area contributed by atoms with E-state index in [9.17, 15) is 5.11 Å². The van der Waals surface area contributed by atoms with Gasteiger partial charge in [-0.1, -0.05) is 29.3 Å². The summed E-state index contributed by atoms with van der Waals surface area (Å²) in [5.74, 6) is 1.34. The molecule has 1 aromatic rings. The molecule has 0 amide bonds. The van der Waals surface area contributed by atoms with Crippen molar-refractivity contribution in [2.75, 3.05) is 13.1 Å². The van der Waals surface area contributed by atoms with E-state index in [4.69, 9.17) is 23.2 Å². The maximum absolute atomic E-state index is 9.63. The second-order valence-corrected chi connectivity index (χ2v) is 6.42. The molecule has 4 heteroatoms. The molecule has 1 N–H and O–H groups in total. The minimum absolute atomic E-state index is 0.0683. The SMILES string of the molecule is OC1C[C@@H]2CN(Cc3ccc(Cl)cc3Cl)C[C@@H]2C1. The van der Waals surface area contributed by atoms with E-state index in [1.165, 1.54) is 0 Å². The topological polar surface area (TPSA) is 23.5 Å². The summed E-state index contributed by atoms with van der Waals surface area (Å²) in [6, 6.07) is 5.70. The molecule has 2 nitrogen and oxygen atoms in total. The third-order valence-electron chi connectivity index (χ3n) is 4.21. The van der Waals surface area contributed by atoms with E-state index >= 15 is 0 Å². The van der Waals surface area contributed by atoms with Crippen LogP contribution in [0.4, 0.5) is 0 Å². The highest BCUT2D eigenvalue weighted by atomic mass is 35.5. The zero-order chi connectivity index (χ0) is 12.7. The quantitative estimate of drug-likeness (QED) is 0.902. The van der Waals surface area contributed by atoms with Gasteiger partial charge in [0.25, 0.3) is 0 Å². The van der Waals surface area contributed by atoms with Crippen LogP contribution in [-0.2, 0) is 6.54 Å². The van der Waals surface area contributed by atoms with Crippen molar-refractivity contribution >= 4 is 23.2 Å². The van der Waals surface area contributed by atoms with E-state index < -0.39 is 0 Å². The van der Waals surface area contributed by atoms with Gasteiger partial charge in [0.15, 0.2) is 0 Å². The molecule has 1 aliphatic heterocycles. The van der Waals surface area contributed by atoms with Crippen LogP contribution in [0.15, 0.2) is 18.2 Å². The van der Waals surface area contributed by atoms with E-state index in [1.54, 1.807) is 6.07 Å².